The van der Waals surface area contributed by atoms with Crippen molar-refractivity contribution >= 4 is 11.6 Å². The normalized spacial score (nSPS) is 13.0. The van der Waals surface area contributed by atoms with Gasteiger partial charge in [0.2, 0.25) is 0 Å². The van der Waals surface area contributed by atoms with Crippen LogP contribution in [-0.4, -0.2) is 38.8 Å². The number of para-hydroxylation sites is 2. The van der Waals surface area contributed by atoms with E-state index in [1.807, 2.05) is 24.3 Å². The summed E-state index contributed by atoms with van der Waals surface area (Å²) in [5.74, 6) is 0.793. The average molecular weight is 330 g/mol. The van der Waals surface area contributed by atoms with Crippen molar-refractivity contribution in [3.8, 4) is 11.5 Å². The van der Waals surface area contributed by atoms with Crippen LogP contribution in [0.15, 0.2) is 48.5 Å². The van der Waals surface area contributed by atoms with E-state index in [4.69, 9.17) is 9.47 Å². The van der Waals surface area contributed by atoms with Gasteiger partial charge in [-0.3, -0.25) is 4.79 Å². The highest BCUT2D eigenvalue weighted by molar-refractivity contribution is 5.77. The molecule has 0 bridgehead atoms. The van der Waals surface area contributed by atoms with Gasteiger partial charge in [0, 0.05) is 13.1 Å². The number of halogens is 1. The van der Waals surface area contributed by atoms with E-state index in [0.717, 1.165) is 18.0 Å². The molecule has 0 fully saturated rings. The Morgan fingerprint density at radius 3 is 2.83 bits per heavy atom. The highest BCUT2D eigenvalue weighted by atomic mass is 19.1. The van der Waals surface area contributed by atoms with Gasteiger partial charge in [-0.15, -0.1) is 0 Å². The Bertz CT molecular complexity index is 691. The predicted molar refractivity (Wildman–Crippen MR) is 89.1 cm³/mol. The Kier molecular flexibility index (Phi) is 5.15. The summed E-state index contributed by atoms with van der Waals surface area (Å²) in [6.45, 7) is 2.55. The van der Waals surface area contributed by atoms with Gasteiger partial charge in [-0.05, 0) is 36.4 Å². The molecule has 0 aromatic heterocycles. The summed E-state index contributed by atoms with van der Waals surface area (Å²) in [6.07, 6.45) is 0. The van der Waals surface area contributed by atoms with Crippen molar-refractivity contribution in [3.05, 3.63) is 54.3 Å². The summed E-state index contributed by atoms with van der Waals surface area (Å²) in [4.78, 5) is 14.0. The van der Waals surface area contributed by atoms with Gasteiger partial charge < -0.3 is 19.7 Å². The number of nitrogens with one attached hydrogen (secondary N) is 1. The third-order valence-corrected chi connectivity index (χ3v) is 3.71. The molecule has 1 amide bonds. The molecule has 3 rings (SSSR count). The zero-order chi connectivity index (χ0) is 16.8. The molecule has 1 aliphatic heterocycles. The summed E-state index contributed by atoms with van der Waals surface area (Å²) < 4.78 is 23.7. The quantitative estimate of drug-likeness (QED) is 0.882. The summed E-state index contributed by atoms with van der Waals surface area (Å²) >= 11 is 0. The van der Waals surface area contributed by atoms with Crippen LogP contribution in [0.3, 0.4) is 0 Å². The molecular weight excluding hydrogens is 311 g/mol. The minimum atomic E-state index is -0.336. The molecule has 0 radical (unpaired) electrons. The van der Waals surface area contributed by atoms with E-state index >= 15 is 0 Å². The van der Waals surface area contributed by atoms with Crippen LogP contribution in [0.1, 0.15) is 0 Å². The fourth-order valence-electron chi connectivity index (χ4n) is 2.52. The Morgan fingerprint density at radius 1 is 1.21 bits per heavy atom. The number of nitrogens with zero attached hydrogens (tertiary/aromatic N) is 1. The van der Waals surface area contributed by atoms with Gasteiger partial charge in [0.1, 0.15) is 23.9 Å². The molecule has 0 atom stereocenters. The Labute approximate surface area is 140 Å². The molecule has 2 aromatic rings. The zero-order valence-electron chi connectivity index (χ0n) is 13.2. The lowest BCUT2D eigenvalue weighted by Crippen LogP contribution is -2.40. The highest BCUT2D eigenvalue weighted by Gasteiger charge is 2.16. The summed E-state index contributed by atoms with van der Waals surface area (Å²) in [5, 5.41) is 2.82. The first-order valence-electron chi connectivity index (χ1n) is 7.84. The zero-order valence-corrected chi connectivity index (χ0v) is 13.2. The first-order valence-corrected chi connectivity index (χ1v) is 7.84. The first-order chi connectivity index (χ1) is 11.7. The van der Waals surface area contributed by atoms with Crippen LogP contribution in [0.5, 0.6) is 11.5 Å². The number of benzene rings is 2. The van der Waals surface area contributed by atoms with Crippen LogP contribution in [-0.2, 0) is 4.79 Å². The number of amides is 1. The second-order valence-corrected chi connectivity index (χ2v) is 5.40. The van der Waals surface area contributed by atoms with Crippen LogP contribution in [0.25, 0.3) is 0 Å². The van der Waals surface area contributed by atoms with E-state index in [2.05, 4.69) is 10.2 Å². The summed E-state index contributed by atoms with van der Waals surface area (Å²) in [6, 6.07) is 13.4. The first kappa shape index (κ1) is 16.1. The molecule has 1 N–H and O–H groups in total. The number of hydrogen-bond acceptors (Lipinski definition) is 4. The van der Waals surface area contributed by atoms with E-state index in [0.29, 0.717) is 25.4 Å². The molecule has 0 unspecified atom stereocenters. The lowest BCUT2D eigenvalue weighted by atomic mass is 10.2. The van der Waals surface area contributed by atoms with Crippen LogP contribution in [0.2, 0.25) is 0 Å². The van der Waals surface area contributed by atoms with Crippen molar-refractivity contribution in [2.45, 2.75) is 0 Å². The predicted octanol–water partition coefficient (Wildman–Crippen LogP) is 2.22. The summed E-state index contributed by atoms with van der Waals surface area (Å²) in [5.41, 5.74) is 1.04. The maximum atomic E-state index is 12.8. The van der Waals surface area contributed by atoms with Gasteiger partial charge in [0.05, 0.1) is 12.2 Å². The van der Waals surface area contributed by atoms with Crippen molar-refractivity contribution in [2.75, 3.05) is 37.7 Å². The van der Waals surface area contributed by atoms with Crippen molar-refractivity contribution < 1.29 is 18.7 Å². The van der Waals surface area contributed by atoms with E-state index in [-0.39, 0.29) is 18.3 Å². The third-order valence-electron chi connectivity index (χ3n) is 3.71. The van der Waals surface area contributed by atoms with Crippen LogP contribution >= 0.6 is 0 Å². The SMILES string of the molecule is O=C(COc1ccc(F)cc1)NCCN1CCOc2ccccc21. The number of ether oxygens (including phenoxy) is 2. The number of carbonyl (C=O) groups is 1. The van der Waals surface area contributed by atoms with Crippen molar-refractivity contribution in [2.24, 2.45) is 0 Å². The average Bonchev–Trinajstić information content (AvgIpc) is 2.61. The van der Waals surface area contributed by atoms with Gasteiger partial charge in [-0.2, -0.15) is 0 Å². The molecule has 24 heavy (non-hydrogen) atoms. The molecule has 1 aliphatic rings. The highest BCUT2D eigenvalue weighted by Crippen LogP contribution is 2.30. The van der Waals surface area contributed by atoms with E-state index in [1.54, 1.807) is 0 Å². The molecule has 2 aromatic carbocycles. The minimum absolute atomic E-state index is 0.0919. The molecule has 1 heterocycles. The Balaban J connectivity index is 1.42. The van der Waals surface area contributed by atoms with E-state index < -0.39 is 0 Å². The lowest BCUT2D eigenvalue weighted by Gasteiger charge is -2.31. The molecular formula is C18H19FN2O3. The monoisotopic (exact) mass is 330 g/mol. The van der Waals surface area contributed by atoms with E-state index in [1.165, 1.54) is 24.3 Å². The van der Waals surface area contributed by atoms with Crippen LogP contribution in [0, 0.1) is 5.82 Å². The van der Waals surface area contributed by atoms with Gasteiger partial charge in [-0.25, -0.2) is 4.39 Å². The number of rotatable bonds is 6. The van der Waals surface area contributed by atoms with Gasteiger partial charge >= 0.3 is 0 Å². The Morgan fingerprint density at radius 2 is 2.00 bits per heavy atom. The third kappa shape index (κ3) is 4.16. The second-order valence-electron chi connectivity index (χ2n) is 5.40. The van der Waals surface area contributed by atoms with Crippen molar-refractivity contribution in [1.82, 2.24) is 5.32 Å². The number of anilines is 1. The topological polar surface area (TPSA) is 50.8 Å². The summed E-state index contributed by atoms with van der Waals surface area (Å²) in [7, 11) is 0. The van der Waals surface area contributed by atoms with Gasteiger partial charge in [0.25, 0.3) is 5.91 Å². The fraction of sp³-hybridized carbons (Fsp3) is 0.278. The second kappa shape index (κ2) is 7.68. The maximum absolute atomic E-state index is 12.8. The molecule has 0 saturated carbocycles. The largest absolute Gasteiger partial charge is 0.490 e. The lowest BCUT2D eigenvalue weighted by molar-refractivity contribution is -0.123. The van der Waals surface area contributed by atoms with Crippen molar-refractivity contribution in [3.63, 3.8) is 0 Å². The van der Waals surface area contributed by atoms with Gasteiger partial charge in [-0.1, -0.05) is 12.1 Å². The number of fused-ring (bicyclic) bond motifs is 1. The standard InChI is InChI=1S/C18H19FN2O3/c19-14-5-7-15(8-6-14)24-13-18(22)20-9-10-21-11-12-23-17-4-2-1-3-16(17)21/h1-8H,9-13H2,(H,20,22). The van der Waals surface area contributed by atoms with Crippen molar-refractivity contribution in [1.29, 1.82) is 0 Å². The molecule has 6 heteroatoms. The molecule has 0 saturated heterocycles. The number of hydrogen-bond donors (Lipinski definition) is 1. The smallest absolute Gasteiger partial charge is 0.258 e. The molecule has 126 valence electrons. The Hall–Kier alpha value is -2.76. The molecule has 5 nitrogen and oxygen atoms in total. The van der Waals surface area contributed by atoms with E-state index in [9.17, 15) is 9.18 Å². The van der Waals surface area contributed by atoms with Crippen LogP contribution in [0.4, 0.5) is 10.1 Å². The maximum Gasteiger partial charge on any atom is 0.258 e. The van der Waals surface area contributed by atoms with Gasteiger partial charge in [0.15, 0.2) is 6.61 Å². The van der Waals surface area contributed by atoms with Crippen LogP contribution < -0.4 is 19.7 Å². The molecule has 0 spiro atoms. The molecule has 0 aliphatic carbocycles. The fourth-order valence-corrected chi connectivity index (χ4v) is 2.52. The minimum Gasteiger partial charge on any atom is -0.490 e. The number of carbonyl (C=O) groups excluding carboxylic acids is 1.